The van der Waals surface area contributed by atoms with Gasteiger partial charge in [-0.1, -0.05) is 12.1 Å². The van der Waals surface area contributed by atoms with Crippen molar-refractivity contribution < 1.29 is 4.79 Å². The molecule has 5 nitrogen and oxygen atoms in total. The first-order valence-electron chi connectivity index (χ1n) is 8.46. The minimum atomic E-state index is -0.201. The normalized spacial score (nSPS) is 11.0. The van der Waals surface area contributed by atoms with Crippen LogP contribution in [0.5, 0.6) is 0 Å². The summed E-state index contributed by atoms with van der Waals surface area (Å²) in [6, 6.07) is 17.6. The number of fused-ring (bicyclic) bond motifs is 1. The zero-order valence-corrected chi connectivity index (χ0v) is 15.4. The summed E-state index contributed by atoms with van der Waals surface area (Å²) < 4.78 is 2.98. The quantitative estimate of drug-likeness (QED) is 0.570. The van der Waals surface area contributed by atoms with Crippen LogP contribution in [0.25, 0.3) is 20.8 Å². The highest BCUT2D eigenvalue weighted by Gasteiger charge is 2.12. The number of nitrogens with zero attached hydrogens (tertiary/aromatic N) is 3. The molecule has 1 amide bonds. The summed E-state index contributed by atoms with van der Waals surface area (Å²) in [5.41, 5.74) is 4.19. The molecular formula is C20H18N4OS. The van der Waals surface area contributed by atoms with Gasteiger partial charge in [0.05, 0.1) is 10.2 Å². The molecule has 0 radical (unpaired) electrons. The predicted molar refractivity (Wildman–Crippen MR) is 106 cm³/mol. The van der Waals surface area contributed by atoms with E-state index >= 15 is 0 Å². The Bertz CT molecular complexity index is 1050. The van der Waals surface area contributed by atoms with Crippen LogP contribution >= 0.6 is 11.3 Å². The average molecular weight is 362 g/mol. The van der Waals surface area contributed by atoms with Crippen LogP contribution in [0.15, 0.2) is 54.6 Å². The summed E-state index contributed by atoms with van der Waals surface area (Å²) in [6.07, 6.45) is 0. The maximum absolute atomic E-state index is 12.4. The monoisotopic (exact) mass is 362 g/mol. The number of aryl methyl sites for hydroxylation is 2. The topological polar surface area (TPSA) is 59.8 Å². The Hall–Kier alpha value is -2.99. The molecule has 0 aliphatic rings. The highest BCUT2D eigenvalue weighted by atomic mass is 32.1. The van der Waals surface area contributed by atoms with Crippen molar-refractivity contribution in [1.29, 1.82) is 0 Å². The third kappa shape index (κ3) is 3.11. The Labute approximate surface area is 155 Å². The molecule has 0 unspecified atom stereocenters. The number of aromatic nitrogens is 3. The van der Waals surface area contributed by atoms with Gasteiger partial charge in [-0.15, -0.1) is 11.3 Å². The van der Waals surface area contributed by atoms with Gasteiger partial charge in [-0.25, -0.2) is 4.98 Å². The third-order valence-electron chi connectivity index (χ3n) is 4.20. The molecule has 0 spiro atoms. The number of hydrogen-bond acceptors (Lipinski definition) is 4. The zero-order valence-electron chi connectivity index (χ0n) is 14.6. The van der Waals surface area contributed by atoms with Crippen molar-refractivity contribution >= 4 is 33.1 Å². The van der Waals surface area contributed by atoms with E-state index in [0.717, 1.165) is 34.0 Å². The molecule has 130 valence electrons. The molecular weight excluding hydrogens is 344 g/mol. The Morgan fingerprint density at radius 1 is 1.15 bits per heavy atom. The lowest BCUT2D eigenvalue weighted by atomic mass is 10.2. The van der Waals surface area contributed by atoms with E-state index in [4.69, 9.17) is 0 Å². The number of rotatable bonds is 4. The molecule has 4 aromatic rings. The standard InChI is InChI=1S/C20H18N4OS/c1-3-24-13(2)12-17(23-24)19(25)21-15-10-8-14(9-11-15)20-22-16-6-4-5-7-18(16)26-20/h4-12H,3H2,1-2H3,(H,21,25). The van der Waals surface area contributed by atoms with Gasteiger partial charge in [-0.2, -0.15) is 5.10 Å². The number of para-hydroxylation sites is 1. The van der Waals surface area contributed by atoms with Gasteiger partial charge in [0.1, 0.15) is 5.01 Å². The molecule has 26 heavy (non-hydrogen) atoms. The van der Waals surface area contributed by atoms with Gasteiger partial charge in [0.2, 0.25) is 0 Å². The van der Waals surface area contributed by atoms with E-state index in [2.05, 4.69) is 21.5 Å². The number of carbonyl (C=O) groups excluding carboxylic acids is 1. The van der Waals surface area contributed by atoms with Crippen LogP contribution in [0.2, 0.25) is 0 Å². The van der Waals surface area contributed by atoms with Gasteiger partial charge < -0.3 is 5.32 Å². The molecule has 2 aromatic heterocycles. The molecule has 0 bridgehead atoms. The fourth-order valence-electron chi connectivity index (χ4n) is 2.83. The van der Waals surface area contributed by atoms with Crippen molar-refractivity contribution in [2.45, 2.75) is 20.4 Å². The molecule has 1 N–H and O–H groups in total. The number of carbonyl (C=O) groups is 1. The Kier molecular flexibility index (Phi) is 4.26. The highest BCUT2D eigenvalue weighted by Crippen LogP contribution is 2.30. The van der Waals surface area contributed by atoms with Crippen LogP contribution in [-0.4, -0.2) is 20.7 Å². The number of hydrogen-bond donors (Lipinski definition) is 1. The molecule has 0 aliphatic heterocycles. The van der Waals surface area contributed by atoms with Gasteiger partial charge in [0, 0.05) is 23.5 Å². The molecule has 0 saturated heterocycles. The lowest BCUT2D eigenvalue weighted by Gasteiger charge is -2.04. The van der Waals surface area contributed by atoms with Gasteiger partial charge in [0.15, 0.2) is 5.69 Å². The van der Waals surface area contributed by atoms with Crippen LogP contribution < -0.4 is 5.32 Å². The fraction of sp³-hybridized carbons (Fsp3) is 0.150. The highest BCUT2D eigenvalue weighted by molar-refractivity contribution is 7.21. The van der Waals surface area contributed by atoms with Crippen molar-refractivity contribution in [3.05, 3.63) is 66.0 Å². The van der Waals surface area contributed by atoms with Gasteiger partial charge in [-0.05, 0) is 56.3 Å². The van der Waals surface area contributed by atoms with Crippen molar-refractivity contribution in [2.24, 2.45) is 0 Å². The molecule has 4 rings (SSSR count). The van der Waals surface area contributed by atoms with Crippen LogP contribution in [0.4, 0.5) is 5.69 Å². The molecule has 2 heterocycles. The van der Waals surface area contributed by atoms with Crippen molar-refractivity contribution in [3.8, 4) is 10.6 Å². The lowest BCUT2D eigenvalue weighted by Crippen LogP contribution is -2.13. The molecule has 0 aliphatic carbocycles. The predicted octanol–water partition coefficient (Wildman–Crippen LogP) is 4.74. The van der Waals surface area contributed by atoms with E-state index in [0.29, 0.717) is 5.69 Å². The number of amides is 1. The minimum Gasteiger partial charge on any atom is -0.321 e. The smallest absolute Gasteiger partial charge is 0.276 e. The molecule has 6 heteroatoms. The summed E-state index contributed by atoms with van der Waals surface area (Å²) >= 11 is 1.66. The van der Waals surface area contributed by atoms with Crippen LogP contribution in [0, 0.1) is 6.92 Å². The number of benzene rings is 2. The van der Waals surface area contributed by atoms with Gasteiger partial charge in [0.25, 0.3) is 5.91 Å². The number of nitrogens with one attached hydrogen (secondary N) is 1. The molecule has 2 aromatic carbocycles. The van der Waals surface area contributed by atoms with Crippen molar-refractivity contribution in [2.75, 3.05) is 5.32 Å². The van der Waals surface area contributed by atoms with Crippen molar-refractivity contribution in [1.82, 2.24) is 14.8 Å². The van der Waals surface area contributed by atoms with E-state index in [9.17, 15) is 4.79 Å². The van der Waals surface area contributed by atoms with E-state index in [-0.39, 0.29) is 5.91 Å². The Morgan fingerprint density at radius 3 is 2.62 bits per heavy atom. The van der Waals surface area contributed by atoms with Crippen LogP contribution in [0.1, 0.15) is 23.1 Å². The molecule has 0 atom stereocenters. The molecule has 0 saturated carbocycles. The summed E-state index contributed by atoms with van der Waals surface area (Å²) in [6.45, 7) is 4.69. The van der Waals surface area contributed by atoms with Gasteiger partial charge >= 0.3 is 0 Å². The summed E-state index contributed by atoms with van der Waals surface area (Å²) in [7, 11) is 0. The first kappa shape index (κ1) is 16.5. The fourth-order valence-corrected chi connectivity index (χ4v) is 3.80. The summed E-state index contributed by atoms with van der Waals surface area (Å²) in [5, 5.41) is 8.18. The lowest BCUT2D eigenvalue weighted by molar-refractivity contribution is 0.102. The zero-order chi connectivity index (χ0) is 18.1. The number of anilines is 1. The Balaban J connectivity index is 1.52. The van der Waals surface area contributed by atoms with Crippen LogP contribution in [0.3, 0.4) is 0 Å². The minimum absolute atomic E-state index is 0.201. The average Bonchev–Trinajstić information content (AvgIpc) is 3.25. The maximum Gasteiger partial charge on any atom is 0.276 e. The van der Waals surface area contributed by atoms with Gasteiger partial charge in [-0.3, -0.25) is 9.48 Å². The summed E-state index contributed by atoms with van der Waals surface area (Å²) in [4.78, 5) is 17.0. The Morgan fingerprint density at radius 2 is 1.92 bits per heavy atom. The second kappa shape index (κ2) is 6.72. The van der Waals surface area contributed by atoms with Crippen LogP contribution in [-0.2, 0) is 6.54 Å². The first-order valence-corrected chi connectivity index (χ1v) is 9.27. The van der Waals surface area contributed by atoms with E-state index in [1.54, 1.807) is 17.4 Å². The molecule has 0 fully saturated rings. The first-order chi connectivity index (χ1) is 12.6. The largest absolute Gasteiger partial charge is 0.321 e. The second-order valence-electron chi connectivity index (χ2n) is 6.00. The second-order valence-corrected chi connectivity index (χ2v) is 7.04. The van der Waals surface area contributed by atoms with E-state index < -0.39 is 0 Å². The third-order valence-corrected chi connectivity index (χ3v) is 5.28. The summed E-state index contributed by atoms with van der Waals surface area (Å²) in [5.74, 6) is -0.201. The SMILES string of the molecule is CCn1nc(C(=O)Nc2ccc(-c3nc4ccccc4s3)cc2)cc1C. The number of thiazole rings is 1. The van der Waals surface area contributed by atoms with E-state index in [1.807, 2.05) is 61.0 Å². The van der Waals surface area contributed by atoms with Crippen molar-refractivity contribution in [3.63, 3.8) is 0 Å². The van der Waals surface area contributed by atoms with E-state index in [1.165, 1.54) is 4.70 Å². The maximum atomic E-state index is 12.4.